The summed E-state index contributed by atoms with van der Waals surface area (Å²) in [7, 11) is 0. The number of rotatable bonds is 5. The number of aromatic nitrogens is 2. The van der Waals surface area contributed by atoms with E-state index in [1.165, 1.54) is 50.3 Å². The van der Waals surface area contributed by atoms with Crippen molar-refractivity contribution in [1.29, 1.82) is 0 Å². The van der Waals surface area contributed by atoms with Gasteiger partial charge in [0.25, 0.3) is 0 Å². The van der Waals surface area contributed by atoms with Crippen LogP contribution in [0.3, 0.4) is 0 Å². The molecule has 4 saturated carbocycles. The van der Waals surface area contributed by atoms with Gasteiger partial charge in [-0.25, -0.2) is 9.97 Å². The Morgan fingerprint density at radius 1 is 1.16 bits per heavy atom. The second-order valence-corrected chi connectivity index (χ2v) is 9.73. The Labute approximate surface area is 155 Å². The molecule has 0 spiro atoms. The van der Waals surface area contributed by atoms with Crippen molar-refractivity contribution in [1.82, 2.24) is 15.3 Å². The van der Waals surface area contributed by atoms with Crippen LogP contribution in [0.4, 0.5) is 0 Å². The average Bonchev–Trinajstić information content (AvgIpc) is 2.50. The van der Waals surface area contributed by atoms with Gasteiger partial charge in [-0.05, 0) is 88.5 Å². The van der Waals surface area contributed by atoms with Crippen LogP contribution in [-0.4, -0.2) is 27.7 Å². The molecule has 1 heterocycles. The van der Waals surface area contributed by atoms with Crippen LogP contribution in [-0.2, 0) is 4.79 Å². The largest absolute Gasteiger partial charge is 0.352 e. The lowest BCUT2D eigenvalue weighted by molar-refractivity contribution is -0.123. The van der Waals surface area contributed by atoms with Crippen LogP contribution >= 0.6 is 11.8 Å². The summed E-state index contributed by atoms with van der Waals surface area (Å²) in [5.41, 5.74) is 2.28. The topological polar surface area (TPSA) is 54.9 Å². The maximum atomic E-state index is 12.5. The van der Waals surface area contributed by atoms with Gasteiger partial charge in [0.1, 0.15) is 0 Å². The number of hydrogen-bond donors (Lipinski definition) is 1. The number of nitrogens with zero attached hydrogens (tertiary/aromatic N) is 2. The zero-order chi connectivity index (χ0) is 17.6. The van der Waals surface area contributed by atoms with E-state index in [0.29, 0.717) is 16.3 Å². The molecular weight excluding hydrogens is 330 g/mol. The first-order chi connectivity index (χ1) is 11.9. The molecule has 4 bridgehead atoms. The van der Waals surface area contributed by atoms with E-state index in [4.69, 9.17) is 0 Å². The second-order valence-electron chi connectivity index (χ2n) is 8.79. The van der Waals surface area contributed by atoms with Crippen LogP contribution in [0.25, 0.3) is 0 Å². The van der Waals surface area contributed by atoms with Gasteiger partial charge in [-0.15, -0.1) is 0 Å². The number of nitrogens with one attached hydrogen (secondary N) is 1. The van der Waals surface area contributed by atoms with E-state index < -0.39 is 0 Å². The van der Waals surface area contributed by atoms with Crippen LogP contribution in [0.5, 0.6) is 0 Å². The first-order valence-corrected chi connectivity index (χ1v) is 10.6. The summed E-state index contributed by atoms with van der Waals surface area (Å²) in [6, 6.07) is 2.24. The zero-order valence-corrected chi connectivity index (χ0v) is 16.4. The lowest BCUT2D eigenvalue weighted by Crippen LogP contribution is -2.56. The molecule has 25 heavy (non-hydrogen) atoms. The van der Waals surface area contributed by atoms with Gasteiger partial charge in [-0.1, -0.05) is 11.8 Å². The van der Waals surface area contributed by atoms with Crippen molar-refractivity contribution in [2.45, 2.75) is 70.5 Å². The van der Waals surface area contributed by atoms with Crippen molar-refractivity contribution in [3.63, 3.8) is 0 Å². The van der Waals surface area contributed by atoms with Gasteiger partial charge in [-0.2, -0.15) is 0 Å². The Bertz CT molecular complexity index is 619. The summed E-state index contributed by atoms with van der Waals surface area (Å²) in [5, 5.41) is 4.02. The molecule has 1 N–H and O–H groups in total. The van der Waals surface area contributed by atoms with Crippen molar-refractivity contribution >= 4 is 17.7 Å². The Balaban J connectivity index is 1.34. The van der Waals surface area contributed by atoms with Crippen LogP contribution in [0.15, 0.2) is 11.2 Å². The number of aryl methyl sites for hydroxylation is 2. The first-order valence-electron chi connectivity index (χ1n) is 9.66. The zero-order valence-electron chi connectivity index (χ0n) is 15.5. The van der Waals surface area contributed by atoms with E-state index >= 15 is 0 Å². The van der Waals surface area contributed by atoms with Crippen LogP contribution in [0.2, 0.25) is 0 Å². The molecule has 0 aromatic carbocycles. The average molecular weight is 360 g/mol. The maximum Gasteiger partial charge on any atom is 0.230 e. The van der Waals surface area contributed by atoms with E-state index in [9.17, 15) is 4.79 Å². The van der Waals surface area contributed by atoms with Crippen LogP contribution in [0, 0.1) is 37.0 Å². The lowest BCUT2D eigenvalue weighted by Gasteiger charge is -2.59. The highest BCUT2D eigenvalue weighted by atomic mass is 32.2. The smallest absolute Gasteiger partial charge is 0.230 e. The number of hydrogen-bond acceptors (Lipinski definition) is 4. The van der Waals surface area contributed by atoms with Crippen LogP contribution in [0.1, 0.15) is 56.8 Å². The Morgan fingerprint density at radius 2 is 1.68 bits per heavy atom. The molecule has 5 rings (SSSR count). The number of carbonyl (C=O) groups excluding carboxylic acids is 1. The fourth-order valence-corrected chi connectivity index (χ4v) is 6.79. The SMILES string of the molecule is Cc1cc(C)nc(SCC(=O)NC(C)C23CC4CC(CC(C4)C2)C3)n1. The van der Waals surface area contributed by atoms with E-state index in [1.54, 1.807) is 0 Å². The second kappa shape index (κ2) is 6.57. The van der Waals surface area contributed by atoms with E-state index in [0.717, 1.165) is 29.1 Å². The first kappa shape index (κ1) is 17.3. The Kier molecular flexibility index (Phi) is 4.55. The Hall–Kier alpha value is -1.10. The number of amides is 1. The van der Waals surface area contributed by atoms with Gasteiger partial charge in [0, 0.05) is 17.4 Å². The standard InChI is InChI=1S/C20H29N3OS/c1-12-4-13(2)22-19(21-12)25-11-18(24)23-14(3)20-8-15-5-16(9-20)7-17(6-15)10-20/h4,14-17H,5-11H2,1-3H3,(H,23,24). The minimum Gasteiger partial charge on any atom is -0.352 e. The molecule has 5 heteroatoms. The highest BCUT2D eigenvalue weighted by molar-refractivity contribution is 7.99. The molecule has 4 fully saturated rings. The number of thioether (sulfide) groups is 1. The van der Waals surface area contributed by atoms with E-state index in [-0.39, 0.29) is 11.9 Å². The fraction of sp³-hybridized carbons (Fsp3) is 0.750. The van der Waals surface area contributed by atoms with Crippen molar-refractivity contribution in [3.05, 3.63) is 17.5 Å². The highest BCUT2D eigenvalue weighted by Gasteiger charge is 2.53. The van der Waals surface area contributed by atoms with Gasteiger partial charge < -0.3 is 5.32 Å². The molecule has 4 aliphatic carbocycles. The van der Waals surface area contributed by atoms with Gasteiger partial charge in [0.2, 0.25) is 5.91 Å². The van der Waals surface area contributed by atoms with Gasteiger partial charge in [0.15, 0.2) is 5.16 Å². The molecule has 1 aromatic rings. The summed E-state index contributed by atoms with van der Waals surface area (Å²) in [4.78, 5) is 21.3. The summed E-state index contributed by atoms with van der Waals surface area (Å²) < 4.78 is 0. The minimum absolute atomic E-state index is 0.121. The molecule has 1 atom stereocenters. The third kappa shape index (κ3) is 3.57. The third-order valence-electron chi connectivity index (χ3n) is 6.68. The van der Waals surface area contributed by atoms with Crippen molar-refractivity contribution < 1.29 is 4.79 Å². The van der Waals surface area contributed by atoms with Crippen molar-refractivity contribution in [3.8, 4) is 0 Å². The summed E-state index contributed by atoms with van der Waals surface area (Å²) in [6.45, 7) is 6.17. The molecule has 1 amide bonds. The molecular formula is C20H29N3OS. The maximum absolute atomic E-state index is 12.5. The van der Waals surface area contributed by atoms with Gasteiger partial charge in [-0.3, -0.25) is 4.79 Å². The molecule has 4 nitrogen and oxygen atoms in total. The molecule has 1 aromatic heterocycles. The van der Waals surface area contributed by atoms with Crippen LogP contribution < -0.4 is 5.32 Å². The Morgan fingerprint density at radius 3 is 2.20 bits per heavy atom. The van der Waals surface area contributed by atoms with Crippen molar-refractivity contribution in [2.24, 2.45) is 23.2 Å². The predicted molar refractivity (Wildman–Crippen MR) is 100 cm³/mol. The molecule has 4 aliphatic rings. The highest BCUT2D eigenvalue weighted by Crippen LogP contribution is 2.61. The predicted octanol–water partition coefficient (Wildman–Crippen LogP) is 3.91. The molecule has 0 radical (unpaired) electrons. The van der Waals surface area contributed by atoms with Crippen molar-refractivity contribution in [2.75, 3.05) is 5.75 Å². The monoisotopic (exact) mass is 359 g/mol. The normalized spacial score (nSPS) is 34.1. The lowest BCUT2D eigenvalue weighted by atomic mass is 9.48. The van der Waals surface area contributed by atoms with Gasteiger partial charge in [0.05, 0.1) is 5.75 Å². The molecule has 136 valence electrons. The number of carbonyl (C=O) groups is 1. The summed E-state index contributed by atoms with van der Waals surface area (Å²) in [6.07, 6.45) is 8.31. The fourth-order valence-electron chi connectivity index (χ4n) is 6.03. The molecule has 0 aliphatic heterocycles. The summed E-state index contributed by atoms with van der Waals surface area (Å²) >= 11 is 1.44. The molecule has 1 unspecified atom stereocenters. The quantitative estimate of drug-likeness (QED) is 0.640. The van der Waals surface area contributed by atoms with Gasteiger partial charge >= 0.3 is 0 Å². The third-order valence-corrected chi connectivity index (χ3v) is 7.52. The minimum atomic E-state index is 0.121. The summed E-state index contributed by atoms with van der Waals surface area (Å²) in [5.74, 6) is 3.28. The molecule has 0 saturated heterocycles. The van der Waals surface area contributed by atoms with E-state index in [1.807, 2.05) is 19.9 Å². The van der Waals surface area contributed by atoms with E-state index in [2.05, 4.69) is 22.2 Å².